The van der Waals surface area contributed by atoms with Gasteiger partial charge in [0.05, 0.1) is 10.3 Å². The van der Waals surface area contributed by atoms with Crippen molar-refractivity contribution in [1.82, 2.24) is 9.13 Å². The number of aryl methyl sites for hydroxylation is 2. The quantitative estimate of drug-likeness (QED) is 0.689. The first kappa shape index (κ1) is 17.4. The second-order valence-corrected chi connectivity index (χ2v) is 7.30. The van der Waals surface area contributed by atoms with E-state index in [2.05, 4.69) is 0 Å². The molecule has 8 heteroatoms. The summed E-state index contributed by atoms with van der Waals surface area (Å²) in [5.41, 5.74) is 0.772. The molecular weight excluding hydrogens is 362 g/mol. The fraction of sp³-hybridized carbons (Fsp3) is 0.235. The molecule has 2 heterocycles. The van der Waals surface area contributed by atoms with Crippen LogP contribution in [0.15, 0.2) is 33.9 Å². The number of nitrogens with zero attached hydrogens (tertiary/aromatic N) is 3. The van der Waals surface area contributed by atoms with Gasteiger partial charge in [-0.3, -0.25) is 18.7 Å². The number of benzene rings is 1. The fourth-order valence-corrected chi connectivity index (χ4v) is 3.93. The summed E-state index contributed by atoms with van der Waals surface area (Å²) in [6.07, 6.45) is 0. The largest absolute Gasteiger partial charge is 0.331 e. The topological polar surface area (TPSA) is 64.3 Å². The number of hydrogen-bond donors (Lipinski definition) is 0. The van der Waals surface area contributed by atoms with Crippen LogP contribution in [0.2, 0.25) is 5.02 Å². The van der Waals surface area contributed by atoms with Gasteiger partial charge in [0.1, 0.15) is 4.83 Å². The smallest absolute Gasteiger partial charge is 0.310 e. The molecule has 0 radical (unpaired) electrons. The lowest BCUT2D eigenvalue weighted by atomic mass is 10.2. The Bertz CT molecular complexity index is 1130. The van der Waals surface area contributed by atoms with Gasteiger partial charge in [-0.05, 0) is 30.7 Å². The van der Waals surface area contributed by atoms with Crippen LogP contribution in [0.1, 0.15) is 15.2 Å². The predicted molar refractivity (Wildman–Crippen MR) is 101 cm³/mol. The molecular formula is C17H16ClN3O3S. The summed E-state index contributed by atoms with van der Waals surface area (Å²) in [5, 5.41) is 0.891. The lowest BCUT2D eigenvalue weighted by Crippen LogP contribution is -2.36. The van der Waals surface area contributed by atoms with Crippen LogP contribution in [0.4, 0.5) is 5.69 Å². The number of amides is 1. The Morgan fingerprint density at radius 2 is 1.84 bits per heavy atom. The minimum Gasteiger partial charge on any atom is -0.310 e. The zero-order valence-electron chi connectivity index (χ0n) is 14.2. The Kier molecular flexibility index (Phi) is 4.30. The van der Waals surface area contributed by atoms with Gasteiger partial charge in [0.15, 0.2) is 0 Å². The number of hydrogen-bond acceptors (Lipinski definition) is 4. The highest BCUT2D eigenvalue weighted by molar-refractivity contribution is 7.20. The third-order valence-electron chi connectivity index (χ3n) is 4.17. The van der Waals surface area contributed by atoms with Crippen LogP contribution in [0.5, 0.6) is 0 Å². The number of thiophene rings is 1. The maximum Gasteiger partial charge on any atom is 0.331 e. The van der Waals surface area contributed by atoms with Gasteiger partial charge < -0.3 is 4.90 Å². The third kappa shape index (κ3) is 2.79. The van der Waals surface area contributed by atoms with E-state index < -0.39 is 11.2 Å². The minimum absolute atomic E-state index is 0.263. The van der Waals surface area contributed by atoms with E-state index in [-0.39, 0.29) is 5.91 Å². The normalized spacial score (nSPS) is 11.1. The van der Waals surface area contributed by atoms with Gasteiger partial charge in [0, 0.05) is 31.9 Å². The summed E-state index contributed by atoms with van der Waals surface area (Å²) in [6, 6.07) is 6.86. The third-order valence-corrected chi connectivity index (χ3v) is 5.61. The number of halogens is 1. The highest BCUT2D eigenvalue weighted by Crippen LogP contribution is 2.28. The Hall–Kier alpha value is -2.38. The number of carbonyl (C=O) groups excluding carboxylic acids is 1. The van der Waals surface area contributed by atoms with Crippen LogP contribution in [0.3, 0.4) is 0 Å². The van der Waals surface area contributed by atoms with Crippen molar-refractivity contribution in [2.24, 2.45) is 14.1 Å². The average Bonchev–Trinajstić information content (AvgIpc) is 3.04. The molecule has 0 spiro atoms. The summed E-state index contributed by atoms with van der Waals surface area (Å²) in [6.45, 7) is 1.89. The van der Waals surface area contributed by atoms with Gasteiger partial charge in [0.2, 0.25) is 0 Å². The average molecular weight is 378 g/mol. The summed E-state index contributed by atoms with van der Waals surface area (Å²) in [7, 11) is 4.66. The summed E-state index contributed by atoms with van der Waals surface area (Å²) in [5.74, 6) is -0.263. The van der Waals surface area contributed by atoms with E-state index in [9.17, 15) is 14.4 Å². The second kappa shape index (κ2) is 6.16. The Labute approximate surface area is 152 Å². The van der Waals surface area contributed by atoms with Crippen molar-refractivity contribution in [3.8, 4) is 0 Å². The number of fused-ring (bicyclic) bond motifs is 1. The highest BCUT2D eigenvalue weighted by Gasteiger charge is 2.21. The number of aromatic nitrogens is 2. The Balaban J connectivity index is 2.13. The zero-order chi connectivity index (χ0) is 18.5. The molecule has 0 atom stereocenters. The molecule has 0 bridgehead atoms. The van der Waals surface area contributed by atoms with E-state index in [0.717, 1.165) is 21.5 Å². The summed E-state index contributed by atoms with van der Waals surface area (Å²) in [4.78, 5) is 39.6. The first-order valence-corrected chi connectivity index (χ1v) is 8.65. The van der Waals surface area contributed by atoms with Crippen molar-refractivity contribution in [3.63, 3.8) is 0 Å². The molecule has 2 aromatic heterocycles. The molecule has 0 aliphatic carbocycles. The molecule has 0 fully saturated rings. The number of anilines is 1. The highest BCUT2D eigenvalue weighted by atomic mass is 35.5. The van der Waals surface area contributed by atoms with Crippen LogP contribution < -0.4 is 16.1 Å². The standard InChI is InChI=1S/C17H16ClN3O3S/c1-9-5-6-10(18)7-12(9)19(2)15(23)13-8-11-14(22)20(3)17(24)21(4)16(11)25-13/h5-8H,1-4H3. The van der Waals surface area contributed by atoms with Crippen LogP contribution in [0.25, 0.3) is 10.2 Å². The van der Waals surface area contributed by atoms with E-state index >= 15 is 0 Å². The molecule has 1 amide bonds. The van der Waals surface area contributed by atoms with E-state index in [1.165, 1.54) is 16.5 Å². The molecule has 1 aromatic carbocycles. The van der Waals surface area contributed by atoms with Crippen LogP contribution in [0, 0.1) is 6.92 Å². The first-order chi connectivity index (χ1) is 11.7. The molecule has 0 aliphatic rings. The number of carbonyl (C=O) groups is 1. The van der Waals surface area contributed by atoms with Crippen molar-refractivity contribution in [2.75, 3.05) is 11.9 Å². The van der Waals surface area contributed by atoms with E-state index in [1.807, 2.05) is 13.0 Å². The molecule has 130 valence electrons. The fourth-order valence-electron chi connectivity index (χ4n) is 2.69. The second-order valence-electron chi connectivity index (χ2n) is 5.83. The SMILES string of the molecule is Cc1ccc(Cl)cc1N(C)C(=O)c1cc2c(=O)n(C)c(=O)n(C)c2s1. The Morgan fingerprint density at radius 3 is 2.52 bits per heavy atom. The predicted octanol–water partition coefficient (Wildman–Crippen LogP) is 2.54. The maximum atomic E-state index is 12.9. The molecule has 3 aromatic rings. The van der Waals surface area contributed by atoms with E-state index in [4.69, 9.17) is 11.6 Å². The minimum atomic E-state index is -0.419. The van der Waals surface area contributed by atoms with Gasteiger partial charge in [-0.15, -0.1) is 11.3 Å². The van der Waals surface area contributed by atoms with Crippen LogP contribution in [-0.2, 0) is 14.1 Å². The van der Waals surface area contributed by atoms with Crippen molar-refractivity contribution >= 4 is 44.7 Å². The number of rotatable bonds is 2. The van der Waals surface area contributed by atoms with Gasteiger partial charge in [-0.1, -0.05) is 17.7 Å². The summed E-state index contributed by atoms with van der Waals surface area (Å²) >= 11 is 7.16. The molecule has 3 rings (SSSR count). The molecule has 25 heavy (non-hydrogen) atoms. The monoisotopic (exact) mass is 377 g/mol. The van der Waals surface area contributed by atoms with Crippen LogP contribution >= 0.6 is 22.9 Å². The molecule has 0 N–H and O–H groups in total. The van der Waals surface area contributed by atoms with Crippen LogP contribution in [-0.4, -0.2) is 22.1 Å². The van der Waals surface area contributed by atoms with E-state index in [1.54, 1.807) is 32.3 Å². The molecule has 0 saturated carbocycles. The lowest BCUT2D eigenvalue weighted by Gasteiger charge is -2.19. The van der Waals surface area contributed by atoms with Crippen molar-refractivity contribution < 1.29 is 4.79 Å². The van der Waals surface area contributed by atoms with Crippen molar-refractivity contribution in [1.29, 1.82) is 0 Å². The maximum absolute atomic E-state index is 12.9. The Morgan fingerprint density at radius 1 is 1.16 bits per heavy atom. The molecule has 0 aliphatic heterocycles. The van der Waals surface area contributed by atoms with Crippen molar-refractivity contribution in [3.05, 3.63) is 60.6 Å². The van der Waals surface area contributed by atoms with E-state index in [0.29, 0.717) is 25.8 Å². The van der Waals surface area contributed by atoms with Crippen molar-refractivity contribution in [2.45, 2.75) is 6.92 Å². The summed E-state index contributed by atoms with van der Waals surface area (Å²) < 4.78 is 2.41. The molecule has 0 unspecified atom stereocenters. The van der Waals surface area contributed by atoms with Gasteiger partial charge in [-0.2, -0.15) is 0 Å². The van der Waals surface area contributed by atoms with Gasteiger partial charge in [-0.25, -0.2) is 4.79 Å². The zero-order valence-corrected chi connectivity index (χ0v) is 15.7. The lowest BCUT2D eigenvalue weighted by molar-refractivity contribution is 0.0997. The molecule has 0 saturated heterocycles. The molecule has 6 nitrogen and oxygen atoms in total. The first-order valence-electron chi connectivity index (χ1n) is 7.46. The van der Waals surface area contributed by atoms with Gasteiger partial charge in [0.25, 0.3) is 11.5 Å². The van der Waals surface area contributed by atoms with Gasteiger partial charge >= 0.3 is 5.69 Å².